The highest BCUT2D eigenvalue weighted by Crippen LogP contribution is 2.27. The predicted molar refractivity (Wildman–Crippen MR) is 109 cm³/mol. The summed E-state index contributed by atoms with van der Waals surface area (Å²) in [5, 5.41) is 9.62. The molecule has 4 rings (SSSR count). The van der Waals surface area contributed by atoms with Crippen LogP contribution in [0.15, 0.2) is 24.3 Å². The van der Waals surface area contributed by atoms with Crippen LogP contribution >= 0.6 is 0 Å². The first kappa shape index (κ1) is 21.1. The molecule has 0 unspecified atom stereocenters. The molecule has 0 bridgehead atoms. The minimum atomic E-state index is -1.10. The fourth-order valence-corrected chi connectivity index (χ4v) is 4.69. The van der Waals surface area contributed by atoms with Crippen LogP contribution in [-0.4, -0.2) is 82.7 Å². The highest BCUT2D eigenvalue weighted by Gasteiger charge is 2.42. The minimum absolute atomic E-state index is 0.121. The summed E-state index contributed by atoms with van der Waals surface area (Å²) in [7, 11) is 0. The number of benzene rings is 1. The smallest absolute Gasteiger partial charge is 0.408 e. The number of carbonyl (C=O) groups is 2. The molecule has 2 aliphatic heterocycles. The predicted octanol–water partition coefficient (Wildman–Crippen LogP) is 2.55. The van der Waals surface area contributed by atoms with Gasteiger partial charge in [0.25, 0.3) is 0 Å². The largest absolute Gasteiger partial charge is 0.465 e. The first-order valence-corrected chi connectivity index (χ1v) is 10.9. The van der Waals surface area contributed by atoms with Gasteiger partial charge >= 0.3 is 6.09 Å². The molecule has 7 nitrogen and oxygen atoms in total. The first-order valence-electron chi connectivity index (χ1n) is 10.9. The summed E-state index contributed by atoms with van der Waals surface area (Å²) in [6, 6.07) is 6.09. The summed E-state index contributed by atoms with van der Waals surface area (Å²) in [5.74, 6) is -0.454. The Labute approximate surface area is 176 Å². The van der Waals surface area contributed by atoms with E-state index in [4.69, 9.17) is 4.74 Å². The number of hydrogen-bond acceptors (Lipinski definition) is 4. The number of ether oxygens (including phenoxy) is 1. The van der Waals surface area contributed by atoms with Crippen molar-refractivity contribution in [3.63, 3.8) is 0 Å². The topological polar surface area (TPSA) is 73.3 Å². The van der Waals surface area contributed by atoms with Gasteiger partial charge in [-0.2, -0.15) is 0 Å². The fraction of sp³-hybridized carbons (Fsp3) is 0.636. The van der Waals surface area contributed by atoms with Crippen LogP contribution < -0.4 is 0 Å². The van der Waals surface area contributed by atoms with E-state index in [2.05, 4.69) is 4.90 Å². The second-order valence-corrected chi connectivity index (χ2v) is 8.55. The first-order chi connectivity index (χ1) is 14.5. The molecule has 3 aliphatic rings. The Morgan fingerprint density at radius 1 is 1.13 bits per heavy atom. The number of amides is 2. The number of carboxylic acid groups (broad SMARTS) is 1. The third kappa shape index (κ3) is 4.75. The molecule has 0 aromatic heterocycles. The van der Waals surface area contributed by atoms with Crippen LogP contribution in [0.25, 0.3) is 0 Å². The van der Waals surface area contributed by atoms with E-state index in [1.54, 1.807) is 12.1 Å². The number of halogens is 1. The van der Waals surface area contributed by atoms with Crippen molar-refractivity contribution < 1.29 is 23.8 Å². The highest BCUT2D eigenvalue weighted by molar-refractivity contribution is 5.86. The van der Waals surface area contributed by atoms with Crippen molar-refractivity contribution in [3.8, 4) is 0 Å². The summed E-state index contributed by atoms with van der Waals surface area (Å²) in [4.78, 5) is 30.5. The van der Waals surface area contributed by atoms with Gasteiger partial charge in [0.15, 0.2) is 0 Å². The molecule has 0 radical (unpaired) electrons. The van der Waals surface area contributed by atoms with Gasteiger partial charge in [0.2, 0.25) is 5.91 Å². The summed E-state index contributed by atoms with van der Waals surface area (Å²) >= 11 is 0. The lowest BCUT2D eigenvalue weighted by molar-refractivity contribution is -0.135. The van der Waals surface area contributed by atoms with Gasteiger partial charge in [-0.05, 0) is 37.0 Å². The molecular formula is C22H30FN3O4. The average molecular weight is 419 g/mol. The van der Waals surface area contributed by atoms with E-state index in [1.807, 2.05) is 4.90 Å². The normalized spacial score (nSPS) is 25.8. The third-order valence-electron chi connectivity index (χ3n) is 6.60. The maximum absolute atomic E-state index is 13.4. The van der Waals surface area contributed by atoms with Crippen molar-refractivity contribution in [1.29, 1.82) is 0 Å². The van der Waals surface area contributed by atoms with Gasteiger partial charge in [-0.25, -0.2) is 9.18 Å². The van der Waals surface area contributed by atoms with Crippen LogP contribution in [0.3, 0.4) is 0 Å². The van der Waals surface area contributed by atoms with Gasteiger partial charge in [0.1, 0.15) is 11.9 Å². The molecule has 2 heterocycles. The van der Waals surface area contributed by atoms with E-state index < -0.39 is 12.1 Å². The zero-order chi connectivity index (χ0) is 21.1. The van der Waals surface area contributed by atoms with Crippen molar-refractivity contribution in [2.45, 2.75) is 56.9 Å². The molecule has 1 saturated carbocycles. The number of nitrogens with zero attached hydrogens (tertiary/aromatic N) is 3. The number of likely N-dealkylation sites (tertiary alicyclic amines) is 1. The van der Waals surface area contributed by atoms with Crippen molar-refractivity contribution in [2.75, 3.05) is 32.7 Å². The molecule has 30 heavy (non-hydrogen) atoms. The number of hydrogen-bond donors (Lipinski definition) is 1. The molecule has 1 aromatic rings. The lowest BCUT2D eigenvalue weighted by Gasteiger charge is -2.36. The third-order valence-corrected chi connectivity index (χ3v) is 6.60. The lowest BCUT2D eigenvalue weighted by atomic mass is 9.91. The molecule has 3 fully saturated rings. The monoisotopic (exact) mass is 419 g/mol. The molecule has 8 heteroatoms. The van der Waals surface area contributed by atoms with Crippen LogP contribution in [-0.2, 0) is 16.1 Å². The molecular weight excluding hydrogens is 389 g/mol. The molecule has 2 amide bonds. The standard InChI is InChI=1S/C22H30FN3O4/c23-17-5-1-4-16(12-17)15-30-19-13-20(26(14-19)22(28)29)21(27)25-9-3-8-24(10-11-25)18-6-2-7-18/h1,4-5,12,18-20H,2-3,6-11,13-15H2,(H,28,29)/t19-,20+/m0/s1. The van der Waals surface area contributed by atoms with Crippen molar-refractivity contribution in [1.82, 2.24) is 14.7 Å². The Kier molecular flexibility index (Phi) is 6.53. The lowest BCUT2D eigenvalue weighted by Crippen LogP contribution is -2.49. The molecule has 1 aliphatic carbocycles. The molecule has 2 saturated heterocycles. The molecule has 1 N–H and O–H groups in total. The summed E-state index contributed by atoms with van der Waals surface area (Å²) in [5.41, 5.74) is 0.690. The van der Waals surface area contributed by atoms with Crippen LogP contribution in [0.1, 0.15) is 37.7 Å². The minimum Gasteiger partial charge on any atom is -0.465 e. The van der Waals surface area contributed by atoms with Crippen molar-refractivity contribution >= 4 is 12.0 Å². The Bertz CT molecular complexity index is 773. The second-order valence-electron chi connectivity index (χ2n) is 8.55. The molecule has 164 valence electrons. The second kappa shape index (κ2) is 9.31. The van der Waals surface area contributed by atoms with Crippen molar-refractivity contribution in [3.05, 3.63) is 35.6 Å². The summed E-state index contributed by atoms with van der Waals surface area (Å²) in [6.07, 6.45) is 3.55. The maximum atomic E-state index is 13.4. The zero-order valence-electron chi connectivity index (χ0n) is 17.2. The SMILES string of the molecule is O=C([C@H]1C[C@H](OCc2cccc(F)c2)CN1C(=O)O)N1CCCN(C2CCC2)CC1. The van der Waals surface area contributed by atoms with Gasteiger partial charge in [-0.15, -0.1) is 0 Å². The molecule has 0 spiro atoms. The van der Waals surface area contributed by atoms with Crippen LogP contribution in [0.2, 0.25) is 0 Å². The zero-order valence-corrected chi connectivity index (χ0v) is 17.2. The van der Waals surface area contributed by atoms with Gasteiger partial charge in [-0.1, -0.05) is 18.6 Å². The number of rotatable bonds is 5. The summed E-state index contributed by atoms with van der Waals surface area (Å²) in [6.45, 7) is 3.52. The highest BCUT2D eigenvalue weighted by atomic mass is 19.1. The van der Waals surface area contributed by atoms with Crippen LogP contribution in [0.4, 0.5) is 9.18 Å². The van der Waals surface area contributed by atoms with Crippen LogP contribution in [0, 0.1) is 5.82 Å². The van der Waals surface area contributed by atoms with Gasteiger partial charge in [0.05, 0.1) is 19.3 Å². The Balaban J connectivity index is 1.35. The van der Waals surface area contributed by atoms with E-state index in [0.29, 0.717) is 31.1 Å². The van der Waals surface area contributed by atoms with E-state index >= 15 is 0 Å². The van der Waals surface area contributed by atoms with Gasteiger partial charge in [0, 0.05) is 38.6 Å². The molecule has 1 aromatic carbocycles. The Morgan fingerprint density at radius 2 is 1.97 bits per heavy atom. The number of carbonyl (C=O) groups excluding carboxylic acids is 1. The van der Waals surface area contributed by atoms with E-state index in [0.717, 1.165) is 19.5 Å². The Morgan fingerprint density at radius 3 is 2.67 bits per heavy atom. The van der Waals surface area contributed by atoms with E-state index in [1.165, 1.54) is 36.3 Å². The van der Waals surface area contributed by atoms with Gasteiger partial charge < -0.3 is 14.7 Å². The maximum Gasteiger partial charge on any atom is 0.408 e. The Hall–Kier alpha value is -2.19. The molecule has 2 atom stereocenters. The van der Waals surface area contributed by atoms with E-state index in [9.17, 15) is 19.1 Å². The van der Waals surface area contributed by atoms with Crippen molar-refractivity contribution in [2.24, 2.45) is 0 Å². The average Bonchev–Trinajstić information content (AvgIpc) is 2.97. The van der Waals surface area contributed by atoms with Gasteiger partial charge in [-0.3, -0.25) is 14.6 Å². The van der Waals surface area contributed by atoms with Crippen LogP contribution in [0.5, 0.6) is 0 Å². The van der Waals surface area contributed by atoms with E-state index in [-0.39, 0.29) is 31.0 Å². The fourth-order valence-electron chi connectivity index (χ4n) is 4.69. The quantitative estimate of drug-likeness (QED) is 0.794. The summed E-state index contributed by atoms with van der Waals surface area (Å²) < 4.78 is 19.2.